The van der Waals surface area contributed by atoms with Crippen molar-refractivity contribution in [3.63, 3.8) is 0 Å². The van der Waals surface area contributed by atoms with Gasteiger partial charge in [0.05, 0.1) is 0 Å². The molecule has 1 aromatic carbocycles. The fourth-order valence-electron chi connectivity index (χ4n) is 1.06. The third kappa shape index (κ3) is 8.84. The van der Waals surface area contributed by atoms with Crippen LogP contribution in [0.25, 0.3) is 0 Å². The van der Waals surface area contributed by atoms with Gasteiger partial charge in [-0.05, 0) is 37.5 Å². The van der Waals surface area contributed by atoms with Crippen LogP contribution in [0.5, 0.6) is 5.75 Å². The summed E-state index contributed by atoms with van der Waals surface area (Å²) in [7, 11) is 0. The molecule has 0 amide bonds. The summed E-state index contributed by atoms with van der Waals surface area (Å²) in [5.41, 5.74) is 6.85. The van der Waals surface area contributed by atoms with Gasteiger partial charge in [0, 0.05) is 17.8 Å². The van der Waals surface area contributed by atoms with Crippen LogP contribution < -0.4 is 5.73 Å². The molecule has 3 N–H and O–H groups in total. The number of nitrogens with two attached hydrogens (primary N) is 1. The Bertz CT molecular complexity index is 260. The molecule has 0 aliphatic rings. The summed E-state index contributed by atoms with van der Waals surface area (Å²) < 4.78 is 0. The molecule has 1 atom stereocenters. The van der Waals surface area contributed by atoms with E-state index in [0.717, 1.165) is 12.8 Å². The molecule has 4 heteroatoms. The van der Waals surface area contributed by atoms with Crippen LogP contribution in [0.15, 0.2) is 24.3 Å². The SMILES string of the molecule is CC(N)CCc1ccc(O)cc1.ClCCCl. The highest BCUT2D eigenvalue weighted by atomic mass is 35.5. The van der Waals surface area contributed by atoms with Crippen molar-refractivity contribution in [3.8, 4) is 5.75 Å². The summed E-state index contributed by atoms with van der Waals surface area (Å²) in [6.45, 7) is 2.00. The first-order valence-corrected chi connectivity index (χ1v) is 6.32. The van der Waals surface area contributed by atoms with Gasteiger partial charge in [-0.25, -0.2) is 0 Å². The first kappa shape index (κ1) is 15.6. The topological polar surface area (TPSA) is 46.2 Å². The van der Waals surface area contributed by atoms with Crippen molar-refractivity contribution in [2.75, 3.05) is 11.8 Å². The van der Waals surface area contributed by atoms with Crippen molar-refractivity contribution in [1.82, 2.24) is 0 Å². The van der Waals surface area contributed by atoms with E-state index in [1.807, 2.05) is 19.1 Å². The Hall–Kier alpha value is -0.440. The average molecular weight is 264 g/mol. The molecule has 0 bridgehead atoms. The Morgan fingerprint density at radius 3 is 2.06 bits per heavy atom. The Labute approximate surface area is 107 Å². The Balaban J connectivity index is 0.000000487. The van der Waals surface area contributed by atoms with E-state index in [4.69, 9.17) is 34.0 Å². The highest BCUT2D eigenvalue weighted by Gasteiger charge is 1.96. The maximum Gasteiger partial charge on any atom is 0.115 e. The molecule has 0 aromatic heterocycles. The Kier molecular flexibility index (Phi) is 9.49. The molecule has 0 aliphatic heterocycles. The molecular formula is C12H19Cl2NO. The van der Waals surface area contributed by atoms with E-state index >= 15 is 0 Å². The fourth-order valence-corrected chi connectivity index (χ4v) is 1.06. The second-order valence-corrected chi connectivity index (χ2v) is 4.32. The second kappa shape index (κ2) is 9.76. The maximum atomic E-state index is 9.01. The molecule has 0 heterocycles. The number of aromatic hydroxyl groups is 1. The number of halogens is 2. The molecule has 1 unspecified atom stereocenters. The smallest absolute Gasteiger partial charge is 0.115 e. The minimum Gasteiger partial charge on any atom is -0.508 e. The van der Waals surface area contributed by atoms with Gasteiger partial charge in [0.25, 0.3) is 0 Å². The number of benzene rings is 1. The zero-order valence-corrected chi connectivity index (χ0v) is 11.0. The van der Waals surface area contributed by atoms with Crippen molar-refractivity contribution < 1.29 is 5.11 Å². The van der Waals surface area contributed by atoms with Crippen LogP contribution in [0.3, 0.4) is 0 Å². The van der Waals surface area contributed by atoms with Crippen LogP contribution in [0.1, 0.15) is 18.9 Å². The third-order valence-corrected chi connectivity index (χ3v) is 2.47. The van der Waals surface area contributed by atoms with Gasteiger partial charge in [-0.2, -0.15) is 0 Å². The van der Waals surface area contributed by atoms with E-state index in [2.05, 4.69) is 0 Å². The van der Waals surface area contributed by atoms with E-state index < -0.39 is 0 Å². The number of hydrogen-bond donors (Lipinski definition) is 2. The first-order valence-electron chi connectivity index (χ1n) is 5.25. The highest BCUT2D eigenvalue weighted by Crippen LogP contribution is 2.11. The van der Waals surface area contributed by atoms with E-state index in [9.17, 15) is 0 Å². The molecule has 1 rings (SSSR count). The molecule has 0 fully saturated rings. The molecule has 16 heavy (non-hydrogen) atoms. The lowest BCUT2D eigenvalue weighted by Crippen LogP contribution is -2.15. The maximum absolute atomic E-state index is 9.01. The van der Waals surface area contributed by atoms with Gasteiger partial charge in [-0.1, -0.05) is 12.1 Å². The standard InChI is InChI=1S/C10H15NO.C2H4Cl2/c1-8(11)2-3-9-4-6-10(12)7-5-9;3-1-2-4/h4-8,12H,2-3,11H2,1H3;1-2H2. The molecule has 2 nitrogen and oxygen atoms in total. The number of rotatable bonds is 4. The Morgan fingerprint density at radius 1 is 1.19 bits per heavy atom. The number of hydrogen-bond acceptors (Lipinski definition) is 2. The monoisotopic (exact) mass is 263 g/mol. The molecule has 1 aromatic rings. The number of phenols is 1. The fraction of sp³-hybridized carbons (Fsp3) is 0.500. The lowest BCUT2D eigenvalue weighted by Gasteiger charge is -2.04. The quantitative estimate of drug-likeness (QED) is 0.821. The molecule has 0 aliphatic carbocycles. The van der Waals surface area contributed by atoms with E-state index in [1.165, 1.54) is 5.56 Å². The van der Waals surface area contributed by atoms with Crippen LogP contribution in [0, 0.1) is 0 Å². The summed E-state index contributed by atoms with van der Waals surface area (Å²) in [4.78, 5) is 0. The normalized spacial score (nSPS) is 11.5. The van der Waals surface area contributed by atoms with E-state index in [1.54, 1.807) is 12.1 Å². The van der Waals surface area contributed by atoms with Gasteiger partial charge in [-0.15, -0.1) is 23.2 Å². The summed E-state index contributed by atoms with van der Waals surface area (Å²) in [6, 6.07) is 7.52. The van der Waals surface area contributed by atoms with Crippen molar-refractivity contribution in [2.24, 2.45) is 5.73 Å². The van der Waals surface area contributed by atoms with E-state index in [-0.39, 0.29) is 6.04 Å². The zero-order chi connectivity index (χ0) is 12.4. The lowest BCUT2D eigenvalue weighted by molar-refractivity contribution is 0.475. The lowest BCUT2D eigenvalue weighted by atomic mass is 10.1. The third-order valence-electron chi connectivity index (χ3n) is 1.90. The summed E-state index contributed by atoms with van der Waals surface area (Å²) in [5.74, 6) is 1.43. The predicted molar refractivity (Wildman–Crippen MR) is 71.5 cm³/mol. The van der Waals surface area contributed by atoms with Gasteiger partial charge < -0.3 is 10.8 Å². The van der Waals surface area contributed by atoms with Crippen LogP contribution in [-0.4, -0.2) is 22.9 Å². The van der Waals surface area contributed by atoms with Crippen molar-refractivity contribution in [2.45, 2.75) is 25.8 Å². The second-order valence-electron chi connectivity index (χ2n) is 3.56. The van der Waals surface area contributed by atoms with E-state index in [0.29, 0.717) is 17.5 Å². The summed E-state index contributed by atoms with van der Waals surface area (Å²) in [5, 5.41) is 9.01. The molecule has 0 spiro atoms. The zero-order valence-electron chi connectivity index (χ0n) is 9.50. The number of phenolic OH excluding ortho intramolecular Hbond substituents is 1. The van der Waals surface area contributed by atoms with Crippen LogP contribution in [0.2, 0.25) is 0 Å². The molecule has 0 radical (unpaired) electrons. The summed E-state index contributed by atoms with van der Waals surface area (Å²) >= 11 is 10.1. The predicted octanol–water partition coefficient (Wildman–Crippen LogP) is 3.14. The van der Waals surface area contributed by atoms with Crippen LogP contribution >= 0.6 is 23.2 Å². The summed E-state index contributed by atoms with van der Waals surface area (Å²) in [6.07, 6.45) is 1.97. The van der Waals surface area contributed by atoms with Gasteiger partial charge >= 0.3 is 0 Å². The van der Waals surface area contributed by atoms with Gasteiger partial charge in [0.15, 0.2) is 0 Å². The molecular weight excluding hydrogens is 245 g/mol. The van der Waals surface area contributed by atoms with Gasteiger partial charge in [0.1, 0.15) is 5.75 Å². The molecule has 0 saturated heterocycles. The van der Waals surface area contributed by atoms with Crippen molar-refractivity contribution in [1.29, 1.82) is 0 Å². The number of alkyl halides is 2. The first-order chi connectivity index (χ1) is 7.60. The minimum atomic E-state index is 0.249. The van der Waals surface area contributed by atoms with Crippen molar-refractivity contribution in [3.05, 3.63) is 29.8 Å². The Morgan fingerprint density at radius 2 is 1.69 bits per heavy atom. The number of aryl methyl sites for hydroxylation is 1. The molecule has 92 valence electrons. The van der Waals surface area contributed by atoms with Crippen LogP contribution in [-0.2, 0) is 6.42 Å². The largest absolute Gasteiger partial charge is 0.508 e. The van der Waals surface area contributed by atoms with Gasteiger partial charge in [-0.3, -0.25) is 0 Å². The molecule has 0 saturated carbocycles. The van der Waals surface area contributed by atoms with Gasteiger partial charge in [0.2, 0.25) is 0 Å². The van der Waals surface area contributed by atoms with Crippen LogP contribution in [0.4, 0.5) is 0 Å². The average Bonchev–Trinajstić information content (AvgIpc) is 2.28. The minimum absolute atomic E-state index is 0.249. The highest BCUT2D eigenvalue weighted by molar-refractivity contribution is 6.25. The van der Waals surface area contributed by atoms with Crippen molar-refractivity contribution >= 4 is 23.2 Å².